The highest BCUT2D eigenvalue weighted by Gasteiger charge is 2.27. The summed E-state index contributed by atoms with van der Waals surface area (Å²) in [4.78, 5) is 54.6. The van der Waals surface area contributed by atoms with Crippen molar-refractivity contribution >= 4 is 29.9 Å². The van der Waals surface area contributed by atoms with Crippen LogP contribution in [0.15, 0.2) is 30.8 Å². The average molecular weight is 539 g/mol. The van der Waals surface area contributed by atoms with Crippen molar-refractivity contribution in [1.82, 2.24) is 10.3 Å². The van der Waals surface area contributed by atoms with E-state index in [1.54, 1.807) is 6.92 Å². The number of aromatic carboxylic acids is 1. The summed E-state index contributed by atoms with van der Waals surface area (Å²) >= 11 is 0. The lowest BCUT2D eigenvalue weighted by atomic mass is 9.94. The Hall–Kier alpha value is -4.21. The standard InChI is InChI=1S/C29H34N2O8/c1-6-16(3)17(4)28(35)38-15-39-29(36)25-20(10-11-23(31-25)26(32)30-14-18-8-9-18)21-13-24(37-5)19(7-2)12-22(21)27(33)34/h7,10-13,16-18H,2,6,8-9,14-15H2,1,3-5H3,(H,30,32)(H,33,34)/t16-,17-/m0/s1. The summed E-state index contributed by atoms with van der Waals surface area (Å²) in [5.41, 5.74) is 0.174. The molecule has 3 rings (SSSR count). The van der Waals surface area contributed by atoms with E-state index in [0.717, 1.165) is 19.3 Å². The molecule has 1 aromatic heterocycles. The summed E-state index contributed by atoms with van der Waals surface area (Å²) in [6, 6.07) is 5.66. The number of esters is 2. The van der Waals surface area contributed by atoms with E-state index in [4.69, 9.17) is 14.2 Å². The zero-order chi connectivity index (χ0) is 28.7. The van der Waals surface area contributed by atoms with Gasteiger partial charge in [-0.15, -0.1) is 0 Å². The first-order valence-corrected chi connectivity index (χ1v) is 12.8. The van der Waals surface area contributed by atoms with Crippen LogP contribution >= 0.6 is 0 Å². The Labute approximate surface area is 227 Å². The fourth-order valence-corrected chi connectivity index (χ4v) is 3.87. The number of rotatable bonds is 13. The second kappa shape index (κ2) is 13.0. The van der Waals surface area contributed by atoms with Gasteiger partial charge < -0.3 is 24.6 Å². The number of pyridine rings is 1. The van der Waals surface area contributed by atoms with E-state index in [2.05, 4.69) is 16.9 Å². The molecule has 2 atom stereocenters. The lowest BCUT2D eigenvalue weighted by Gasteiger charge is -2.17. The van der Waals surface area contributed by atoms with Gasteiger partial charge in [-0.05, 0) is 48.9 Å². The molecule has 1 amide bonds. The topological polar surface area (TPSA) is 141 Å². The van der Waals surface area contributed by atoms with Crippen LogP contribution in [0.4, 0.5) is 0 Å². The summed E-state index contributed by atoms with van der Waals surface area (Å²) in [6.45, 7) is 9.12. The Morgan fingerprint density at radius 3 is 2.46 bits per heavy atom. The summed E-state index contributed by atoms with van der Waals surface area (Å²) < 4.78 is 15.7. The molecule has 1 aromatic carbocycles. The van der Waals surface area contributed by atoms with E-state index in [1.165, 1.54) is 37.5 Å². The van der Waals surface area contributed by atoms with Crippen LogP contribution < -0.4 is 10.1 Å². The molecule has 10 nitrogen and oxygen atoms in total. The number of nitrogens with one attached hydrogen (secondary N) is 1. The molecule has 39 heavy (non-hydrogen) atoms. The molecule has 0 unspecified atom stereocenters. The van der Waals surface area contributed by atoms with Crippen LogP contribution in [0.25, 0.3) is 17.2 Å². The third-order valence-corrected chi connectivity index (χ3v) is 6.94. The van der Waals surface area contributed by atoms with Crippen LogP contribution in [0, 0.1) is 17.8 Å². The van der Waals surface area contributed by atoms with Crippen molar-refractivity contribution in [3.05, 3.63) is 53.4 Å². The summed E-state index contributed by atoms with van der Waals surface area (Å²) in [5.74, 6) is -2.80. The van der Waals surface area contributed by atoms with Crippen LogP contribution in [-0.4, -0.2) is 54.4 Å². The van der Waals surface area contributed by atoms with Crippen molar-refractivity contribution in [1.29, 1.82) is 0 Å². The van der Waals surface area contributed by atoms with Crippen molar-refractivity contribution in [3.63, 3.8) is 0 Å². The number of carbonyl (C=O) groups is 4. The van der Waals surface area contributed by atoms with Crippen LogP contribution in [0.3, 0.4) is 0 Å². The van der Waals surface area contributed by atoms with Crippen LogP contribution in [0.2, 0.25) is 0 Å². The first-order valence-electron chi connectivity index (χ1n) is 12.8. The van der Waals surface area contributed by atoms with Crippen molar-refractivity contribution in [2.75, 3.05) is 20.4 Å². The maximum absolute atomic E-state index is 13.2. The Balaban J connectivity index is 1.98. The molecule has 2 aromatic rings. The first-order chi connectivity index (χ1) is 18.6. The molecule has 0 bridgehead atoms. The monoisotopic (exact) mass is 538 g/mol. The van der Waals surface area contributed by atoms with Gasteiger partial charge in [0.15, 0.2) is 5.69 Å². The van der Waals surface area contributed by atoms with Gasteiger partial charge in [-0.1, -0.05) is 39.8 Å². The zero-order valence-corrected chi connectivity index (χ0v) is 22.6. The third-order valence-electron chi connectivity index (χ3n) is 6.94. The van der Waals surface area contributed by atoms with E-state index in [9.17, 15) is 24.3 Å². The fourth-order valence-electron chi connectivity index (χ4n) is 3.87. The van der Waals surface area contributed by atoms with Crippen LogP contribution in [0.5, 0.6) is 5.75 Å². The number of nitrogens with zero attached hydrogens (tertiary/aromatic N) is 1. The molecular formula is C29H34N2O8. The maximum Gasteiger partial charge on any atom is 0.360 e. The van der Waals surface area contributed by atoms with Crippen molar-refractivity contribution < 1.29 is 38.5 Å². The van der Waals surface area contributed by atoms with E-state index >= 15 is 0 Å². The molecule has 1 heterocycles. The van der Waals surface area contributed by atoms with E-state index in [0.29, 0.717) is 23.8 Å². The lowest BCUT2D eigenvalue weighted by molar-refractivity contribution is -0.158. The van der Waals surface area contributed by atoms with E-state index in [1.807, 2.05) is 13.8 Å². The molecule has 1 saturated carbocycles. The van der Waals surface area contributed by atoms with Gasteiger partial charge in [0.05, 0.1) is 18.6 Å². The SMILES string of the molecule is C=Cc1cc(C(=O)O)c(-c2ccc(C(=O)NCC3CC3)nc2C(=O)OCOC(=O)[C@@H](C)[C@@H](C)CC)cc1OC. The molecule has 10 heteroatoms. The van der Waals surface area contributed by atoms with Crippen LogP contribution in [-0.2, 0) is 14.3 Å². The van der Waals surface area contributed by atoms with Crippen molar-refractivity contribution in [3.8, 4) is 16.9 Å². The van der Waals surface area contributed by atoms with Crippen LogP contribution in [0.1, 0.15) is 76.9 Å². The number of carbonyl (C=O) groups excluding carboxylic acids is 3. The van der Waals surface area contributed by atoms with Gasteiger partial charge in [-0.2, -0.15) is 0 Å². The number of amides is 1. The molecule has 0 spiro atoms. The van der Waals surface area contributed by atoms with Gasteiger partial charge in [0.25, 0.3) is 5.91 Å². The number of aromatic nitrogens is 1. The highest BCUT2D eigenvalue weighted by atomic mass is 16.7. The number of ether oxygens (including phenoxy) is 3. The van der Waals surface area contributed by atoms with Crippen molar-refractivity contribution in [2.45, 2.75) is 40.0 Å². The highest BCUT2D eigenvalue weighted by molar-refractivity contribution is 6.03. The zero-order valence-electron chi connectivity index (χ0n) is 22.6. The Kier molecular flexibility index (Phi) is 9.81. The molecule has 1 aliphatic rings. The van der Waals surface area contributed by atoms with Gasteiger partial charge >= 0.3 is 17.9 Å². The van der Waals surface area contributed by atoms with Gasteiger partial charge in [0, 0.05) is 23.2 Å². The second-order valence-electron chi connectivity index (χ2n) is 9.58. The molecule has 1 aliphatic carbocycles. The molecule has 0 saturated heterocycles. The van der Waals surface area contributed by atoms with Gasteiger partial charge in [0.2, 0.25) is 6.79 Å². The summed E-state index contributed by atoms with van der Waals surface area (Å²) in [6.07, 6.45) is 4.31. The normalized spacial score (nSPS) is 14.1. The third kappa shape index (κ3) is 7.22. The van der Waals surface area contributed by atoms with Crippen molar-refractivity contribution in [2.24, 2.45) is 17.8 Å². The molecule has 0 radical (unpaired) electrons. The predicted octanol–water partition coefficient (Wildman–Crippen LogP) is 4.58. The Morgan fingerprint density at radius 2 is 1.87 bits per heavy atom. The molecule has 2 N–H and O–H groups in total. The fraction of sp³-hybridized carbons (Fsp3) is 0.414. The quantitative estimate of drug-likeness (QED) is 0.277. The summed E-state index contributed by atoms with van der Waals surface area (Å²) in [7, 11) is 1.42. The number of benzene rings is 1. The largest absolute Gasteiger partial charge is 0.496 e. The van der Waals surface area contributed by atoms with Gasteiger partial charge in [0.1, 0.15) is 11.4 Å². The Bertz CT molecular complexity index is 1270. The molecule has 208 valence electrons. The number of methoxy groups -OCH3 is 1. The molecule has 1 fully saturated rings. The minimum Gasteiger partial charge on any atom is -0.496 e. The Morgan fingerprint density at radius 1 is 1.15 bits per heavy atom. The number of carboxylic acids is 1. The molecular weight excluding hydrogens is 504 g/mol. The summed E-state index contributed by atoms with van der Waals surface area (Å²) in [5, 5.41) is 12.7. The van der Waals surface area contributed by atoms with E-state index < -0.39 is 36.5 Å². The van der Waals surface area contributed by atoms with Gasteiger partial charge in [-0.25, -0.2) is 14.6 Å². The second-order valence-corrected chi connectivity index (χ2v) is 9.58. The average Bonchev–Trinajstić information content (AvgIpc) is 3.78. The molecule has 0 aliphatic heterocycles. The first kappa shape index (κ1) is 29.3. The smallest absolute Gasteiger partial charge is 0.360 e. The maximum atomic E-state index is 13.2. The number of carboxylic acid groups (broad SMARTS) is 1. The number of hydrogen-bond donors (Lipinski definition) is 2. The van der Waals surface area contributed by atoms with Gasteiger partial charge in [-0.3, -0.25) is 9.59 Å². The predicted molar refractivity (Wildman–Crippen MR) is 143 cm³/mol. The highest BCUT2D eigenvalue weighted by Crippen LogP contribution is 2.34. The minimum absolute atomic E-state index is 0.0414. The lowest BCUT2D eigenvalue weighted by Crippen LogP contribution is -2.27. The number of hydrogen-bond acceptors (Lipinski definition) is 8. The van der Waals surface area contributed by atoms with E-state index in [-0.39, 0.29) is 34.0 Å². The minimum atomic E-state index is -1.26.